The van der Waals surface area contributed by atoms with Gasteiger partial charge in [-0.05, 0) is 30.5 Å². The summed E-state index contributed by atoms with van der Waals surface area (Å²) in [5.74, 6) is 5.74. The molecular formula is C18H27N3. The Morgan fingerprint density at radius 1 is 1.10 bits per heavy atom. The van der Waals surface area contributed by atoms with Gasteiger partial charge in [0.05, 0.1) is 5.52 Å². The number of rotatable bonds is 9. The summed E-state index contributed by atoms with van der Waals surface area (Å²) in [5, 5.41) is 1.24. The highest BCUT2D eigenvalue weighted by atomic mass is 15.2. The van der Waals surface area contributed by atoms with E-state index in [0.29, 0.717) is 6.04 Å². The average molecular weight is 285 g/mol. The first-order valence-electron chi connectivity index (χ1n) is 8.14. The van der Waals surface area contributed by atoms with E-state index in [9.17, 15) is 0 Å². The molecule has 114 valence electrons. The molecule has 1 atom stereocenters. The average Bonchev–Trinajstić information content (AvgIpc) is 2.53. The van der Waals surface area contributed by atoms with Crippen molar-refractivity contribution in [3.05, 3.63) is 42.1 Å². The Kier molecular flexibility index (Phi) is 6.64. The molecule has 1 unspecified atom stereocenters. The molecule has 0 amide bonds. The number of hydrogen-bond acceptors (Lipinski definition) is 3. The van der Waals surface area contributed by atoms with Crippen LogP contribution in [0.5, 0.6) is 0 Å². The molecule has 2 aromatic rings. The molecule has 1 aromatic carbocycles. The summed E-state index contributed by atoms with van der Waals surface area (Å²) in [5.41, 5.74) is 5.38. The van der Waals surface area contributed by atoms with Gasteiger partial charge in [-0.1, -0.05) is 57.2 Å². The summed E-state index contributed by atoms with van der Waals surface area (Å²) < 4.78 is 0. The van der Waals surface area contributed by atoms with Crippen molar-refractivity contribution in [3.63, 3.8) is 0 Å². The van der Waals surface area contributed by atoms with Crippen LogP contribution in [0.2, 0.25) is 0 Å². The quantitative estimate of drug-likeness (QED) is 0.416. The minimum Gasteiger partial charge on any atom is -0.271 e. The van der Waals surface area contributed by atoms with Crippen molar-refractivity contribution < 1.29 is 0 Å². The van der Waals surface area contributed by atoms with E-state index in [-0.39, 0.29) is 0 Å². The number of nitrogens with one attached hydrogen (secondary N) is 1. The van der Waals surface area contributed by atoms with Crippen molar-refractivity contribution in [2.75, 3.05) is 0 Å². The molecule has 0 spiro atoms. The molecule has 0 saturated heterocycles. The Labute approximate surface area is 127 Å². The fourth-order valence-electron chi connectivity index (χ4n) is 2.84. The molecular weight excluding hydrogens is 258 g/mol. The number of unbranched alkanes of at least 4 members (excludes halogenated alkanes) is 4. The smallest absolute Gasteiger partial charge is 0.0704 e. The number of aromatic nitrogens is 1. The third-order valence-electron chi connectivity index (χ3n) is 4.10. The van der Waals surface area contributed by atoms with Crippen molar-refractivity contribution >= 4 is 10.9 Å². The molecule has 0 radical (unpaired) electrons. The molecule has 0 bridgehead atoms. The van der Waals surface area contributed by atoms with E-state index < -0.39 is 0 Å². The molecule has 21 heavy (non-hydrogen) atoms. The normalized spacial score (nSPS) is 12.7. The lowest BCUT2D eigenvalue weighted by Gasteiger charge is -2.17. The lowest BCUT2D eigenvalue weighted by atomic mass is 9.98. The molecule has 3 nitrogen and oxygen atoms in total. The van der Waals surface area contributed by atoms with Crippen molar-refractivity contribution in [1.82, 2.24) is 10.4 Å². The van der Waals surface area contributed by atoms with Crippen molar-refractivity contribution in [2.45, 2.75) is 57.9 Å². The second-order valence-corrected chi connectivity index (χ2v) is 5.76. The monoisotopic (exact) mass is 285 g/mol. The van der Waals surface area contributed by atoms with Crippen molar-refractivity contribution in [2.24, 2.45) is 5.84 Å². The zero-order valence-corrected chi connectivity index (χ0v) is 13.0. The minimum atomic E-state index is 0.345. The lowest BCUT2D eigenvalue weighted by Crippen LogP contribution is -2.36. The summed E-state index contributed by atoms with van der Waals surface area (Å²) in [6.45, 7) is 2.25. The maximum atomic E-state index is 5.74. The van der Waals surface area contributed by atoms with Gasteiger partial charge in [-0.2, -0.15) is 0 Å². The van der Waals surface area contributed by atoms with Crippen molar-refractivity contribution in [1.29, 1.82) is 0 Å². The van der Waals surface area contributed by atoms with E-state index in [1.54, 1.807) is 0 Å². The number of nitrogens with zero attached hydrogens (tertiary/aromatic N) is 1. The molecule has 3 heteroatoms. The highest BCUT2D eigenvalue weighted by molar-refractivity contribution is 5.81. The van der Waals surface area contributed by atoms with Crippen LogP contribution in [-0.4, -0.2) is 11.0 Å². The van der Waals surface area contributed by atoms with Crippen LogP contribution in [0.4, 0.5) is 0 Å². The largest absolute Gasteiger partial charge is 0.271 e. The first kappa shape index (κ1) is 15.9. The zero-order chi connectivity index (χ0) is 14.9. The van der Waals surface area contributed by atoms with Gasteiger partial charge in [0.2, 0.25) is 0 Å². The fourth-order valence-corrected chi connectivity index (χ4v) is 2.84. The second-order valence-electron chi connectivity index (χ2n) is 5.76. The van der Waals surface area contributed by atoms with Gasteiger partial charge in [-0.25, -0.2) is 0 Å². The van der Waals surface area contributed by atoms with Crippen LogP contribution in [0.3, 0.4) is 0 Å². The van der Waals surface area contributed by atoms with Crippen LogP contribution in [0, 0.1) is 0 Å². The summed E-state index contributed by atoms with van der Waals surface area (Å²) in [6, 6.07) is 10.8. The molecule has 0 aliphatic rings. The number of fused-ring (bicyclic) bond motifs is 1. The van der Waals surface area contributed by atoms with Gasteiger partial charge in [-0.15, -0.1) is 0 Å². The maximum Gasteiger partial charge on any atom is 0.0704 e. The van der Waals surface area contributed by atoms with E-state index in [0.717, 1.165) is 18.4 Å². The fraction of sp³-hybridized carbons (Fsp3) is 0.500. The molecule has 0 fully saturated rings. The van der Waals surface area contributed by atoms with E-state index >= 15 is 0 Å². The highest BCUT2D eigenvalue weighted by Gasteiger charge is 2.10. The number of pyridine rings is 1. The Bertz CT molecular complexity index is 533. The number of para-hydroxylation sites is 1. The summed E-state index contributed by atoms with van der Waals surface area (Å²) in [7, 11) is 0. The Morgan fingerprint density at radius 2 is 1.90 bits per heavy atom. The Morgan fingerprint density at radius 3 is 2.71 bits per heavy atom. The Balaban J connectivity index is 1.94. The van der Waals surface area contributed by atoms with Gasteiger partial charge < -0.3 is 0 Å². The summed E-state index contributed by atoms with van der Waals surface area (Å²) in [4.78, 5) is 4.42. The zero-order valence-electron chi connectivity index (χ0n) is 13.0. The van der Waals surface area contributed by atoms with Crippen LogP contribution in [0.15, 0.2) is 36.5 Å². The minimum absolute atomic E-state index is 0.345. The summed E-state index contributed by atoms with van der Waals surface area (Å²) in [6.07, 6.45) is 10.5. The van der Waals surface area contributed by atoms with Crippen molar-refractivity contribution in [3.8, 4) is 0 Å². The number of hydrogen-bond donors (Lipinski definition) is 2. The standard InChI is InChI=1S/C18H27N3/c1-2-3-4-5-6-9-16(21-19)14-15-12-13-20-18-11-8-7-10-17(15)18/h7-8,10-13,16,21H,2-6,9,14,19H2,1H3. The third-order valence-corrected chi connectivity index (χ3v) is 4.10. The first-order valence-corrected chi connectivity index (χ1v) is 8.14. The van der Waals surface area contributed by atoms with Crippen LogP contribution in [-0.2, 0) is 6.42 Å². The SMILES string of the molecule is CCCCCCCC(Cc1ccnc2ccccc12)NN. The van der Waals surface area contributed by atoms with Gasteiger partial charge in [0.1, 0.15) is 0 Å². The van der Waals surface area contributed by atoms with Crippen LogP contribution >= 0.6 is 0 Å². The topological polar surface area (TPSA) is 50.9 Å². The highest BCUT2D eigenvalue weighted by Crippen LogP contribution is 2.19. The second kappa shape index (κ2) is 8.75. The first-order chi connectivity index (χ1) is 10.3. The van der Waals surface area contributed by atoms with E-state index in [4.69, 9.17) is 5.84 Å². The van der Waals surface area contributed by atoms with Gasteiger partial charge in [-0.3, -0.25) is 16.3 Å². The molecule has 3 N–H and O–H groups in total. The van der Waals surface area contributed by atoms with E-state index in [1.165, 1.54) is 43.1 Å². The predicted molar refractivity (Wildman–Crippen MR) is 89.9 cm³/mol. The Hall–Kier alpha value is -1.45. The van der Waals surface area contributed by atoms with E-state index in [2.05, 4.69) is 41.6 Å². The van der Waals surface area contributed by atoms with E-state index in [1.807, 2.05) is 12.3 Å². The molecule has 2 rings (SSSR count). The van der Waals surface area contributed by atoms with Gasteiger partial charge >= 0.3 is 0 Å². The van der Waals surface area contributed by atoms with Crippen LogP contribution < -0.4 is 11.3 Å². The molecule has 1 aromatic heterocycles. The van der Waals surface area contributed by atoms with Gasteiger partial charge in [0.25, 0.3) is 0 Å². The van der Waals surface area contributed by atoms with Crippen LogP contribution in [0.1, 0.15) is 51.0 Å². The predicted octanol–water partition coefficient (Wildman–Crippen LogP) is 3.97. The maximum absolute atomic E-state index is 5.74. The molecule has 0 aliphatic carbocycles. The number of nitrogens with two attached hydrogens (primary N) is 1. The number of benzene rings is 1. The number of hydrazine groups is 1. The lowest BCUT2D eigenvalue weighted by molar-refractivity contribution is 0.461. The van der Waals surface area contributed by atoms with Gasteiger partial charge in [0.15, 0.2) is 0 Å². The third kappa shape index (κ3) is 4.80. The van der Waals surface area contributed by atoms with Gasteiger partial charge in [0, 0.05) is 17.6 Å². The molecule has 1 heterocycles. The molecule has 0 aliphatic heterocycles. The molecule has 0 saturated carbocycles. The summed E-state index contributed by atoms with van der Waals surface area (Å²) >= 11 is 0. The van der Waals surface area contributed by atoms with Crippen LogP contribution in [0.25, 0.3) is 10.9 Å².